The second-order valence-electron chi connectivity index (χ2n) is 6.69. The van der Waals surface area contributed by atoms with E-state index < -0.39 is 29.5 Å². The van der Waals surface area contributed by atoms with Crippen LogP contribution in [0.25, 0.3) is 0 Å². The predicted octanol–water partition coefficient (Wildman–Crippen LogP) is 4.00. The first-order chi connectivity index (χ1) is 14.9. The van der Waals surface area contributed by atoms with Crippen LogP contribution in [-0.2, 0) is 9.53 Å². The van der Waals surface area contributed by atoms with Crippen molar-refractivity contribution in [1.29, 1.82) is 0 Å². The number of aliphatic hydroxyl groups is 1. The van der Waals surface area contributed by atoms with Gasteiger partial charge in [-0.25, -0.2) is 9.78 Å². The Morgan fingerprint density at radius 2 is 1.97 bits per heavy atom. The van der Waals surface area contributed by atoms with E-state index in [1.54, 1.807) is 50.2 Å². The first-order valence-corrected chi connectivity index (χ1v) is 10.3. The van der Waals surface area contributed by atoms with Gasteiger partial charge in [0.05, 0.1) is 30.2 Å². The molecule has 1 atom stereocenters. The Morgan fingerprint density at radius 1 is 1.23 bits per heavy atom. The van der Waals surface area contributed by atoms with Gasteiger partial charge in [0.2, 0.25) is 5.78 Å². The third kappa shape index (κ3) is 3.53. The number of Topliss-reactive ketones (excluding diaryl/α,β-unsaturated/α-hetero) is 1. The average molecular weight is 438 g/mol. The number of furan rings is 1. The maximum atomic E-state index is 13.1. The molecule has 8 nitrogen and oxygen atoms in total. The quantitative estimate of drug-likeness (QED) is 0.457. The van der Waals surface area contributed by atoms with Crippen molar-refractivity contribution in [3.63, 3.8) is 0 Å². The van der Waals surface area contributed by atoms with E-state index in [0.717, 1.165) is 11.3 Å². The molecule has 3 aromatic rings. The molecule has 0 saturated heterocycles. The molecule has 0 aliphatic carbocycles. The number of thiazole rings is 1. The largest absolute Gasteiger partial charge is 0.503 e. The normalized spacial score (nSPS) is 16.1. The van der Waals surface area contributed by atoms with Gasteiger partial charge in [0.25, 0.3) is 5.91 Å². The number of aliphatic hydroxyl groups excluding tert-OH is 1. The predicted molar refractivity (Wildman–Crippen MR) is 112 cm³/mol. The summed E-state index contributed by atoms with van der Waals surface area (Å²) < 4.78 is 10.3. The number of esters is 1. The van der Waals surface area contributed by atoms with E-state index in [9.17, 15) is 19.5 Å². The highest BCUT2D eigenvalue weighted by Crippen LogP contribution is 2.43. The molecule has 158 valence electrons. The zero-order valence-corrected chi connectivity index (χ0v) is 17.5. The van der Waals surface area contributed by atoms with Crippen LogP contribution in [0.15, 0.2) is 64.5 Å². The molecule has 4 rings (SSSR count). The minimum absolute atomic E-state index is 0.000312. The number of nitrogens with zero attached hydrogens (tertiary/aromatic N) is 2. The van der Waals surface area contributed by atoms with Crippen LogP contribution in [0.4, 0.5) is 5.13 Å². The van der Waals surface area contributed by atoms with E-state index in [1.165, 1.54) is 17.2 Å². The molecule has 0 bridgehead atoms. The van der Waals surface area contributed by atoms with Crippen molar-refractivity contribution in [2.24, 2.45) is 0 Å². The monoisotopic (exact) mass is 438 g/mol. The molecule has 0 saturated carbocycles. The number of hydrogen-bond donors (Lipinski definition) is 1. The van der Waals surface area contributed by atoms with Gasteiger partial charge < -0.3 is 14.3 Å². The topological polar surface area (TPSA) is 110 Å². The van der Waals surface area contributed by atoms with E-state index >= 15 is 0 Å². The molecule has 1 aliphatic rings. The summed E-state index contributed by atoms with van der Waals surface area (Å²) in [6.45, 7) is 3.52. The van der Waals surface area contributed by atoms with Crippen LogP contribution in [0.2, 0.25) is 0 Å². The van der Waals surface area contributed by atoms with Crippen molar-refractivity contribution in [2.75, 3.05) is 11.5 Å². The highest BCUT2D eigenvalue weighted by atomic mass is 32.1. The number of aryl methyl sites for hydroxylation is 1. The van der Waals surface area contributed by atoms with E-state index in [4.69, 9.17) is 9.15 Å². The number of carbonyl (C=O) groups excluding carboxylic acids is 3. The summed E-state index contributed by atoms with van der Waals surface area (Å²) in [6, 6.07) is 10.9. The molecule has 9 heteroatoms. The molecule has 1 aliphatic heterocycles. The van der Waals surface area contributed by atoms with Crippen LogP contribution >= 0.6 is 11.3 Å². The number of ketones is 1. The van der Waals surface area contributed by atoms with E-state index in [0.29, 0.717) is 11.3 Å². The molecule has 3 heterocycles. The smallest absolute Gasteiger partial charge is 0.350 e. The van der Waals surface area contributed by atoms with Crippen LogP contribution in [-0.4, -0.2) is 34.4 Å². The first kappa shape index (κ1) is 20.5. The van der Waals surface area contributed by atoms with Crippen molar-refractivity contribution in [1.82, 2.24) is 4.98 Å². The highest BCUT2D eigenvalue weighted by Gasteiger charge is 2.46. The summed E-state index contributed by atoms with van der Waals surface area (Å²) in [5.74, 6) is -2.62. The van der Waals surface area contributed by atoms with Crippen LogP contribution in [0.1, 0.15) is 44.4 Å². The Bertz CT molecular complexity index is 1180. The van der Waals surface area contributed by atoms with E-state index in [2.05, 4.69) is 4.98 Å². The average Bonchev–Trinajstić information content (AvgIpc) is 3.48. The summed E-state index contributed by atoms with van der Waals surface area (Å²) in [4.78, 5) is 44.3. The van der Waals surface area contributed by atoms with Crippen LogP contribution in [0, 0.1) is 6.92 Å². The molecule has 1 aromatic carbocycles. The summed E-state index contributed by atoms with van der Waals surface area (Å²) in [5, 5.41) is 10.8. The number of aromatic nitrogens is 1. The molecule has 0 fully saturated rings. The maximum absolute atomic E-state index is 13.1. The third-order valence-corrected chi connectivity index (χ3v) is 5.90. The van der Waals surface area contributed by atoms with Gasteiger partial charge in [0.1, 0.15) is 4.88 Å². The zero-order valence-electron chi connectivity index (χ0n) is 16.7. The number of benzene rings is 1. The molecule has 1 N–H and O–H groups in total. The van der Waals surface area contributed by atoms with Crippen molar-refractivity contribution < 1.29 is 28.6 Å². The van der Waals surface area contributed by atoms with E-state index in [1.807, 2.05) is 0 Å². The minimum atomic E-state index is -0.938. The molecule has 0 radical (unpaired) electrons. The van der Waals surface area contributed by atoms with Crippen molar-refractivity contribution >= 4 is 34.1 Å². The minimum Gasteiger partial charge on any atom is -0.503 e. The number of anilines is 1. The van der Waals surface area contributed by atoms with Gasteiger partial charge in [-0.2, -0.15) is 0 Å². The molecule has 1 amide bonds. The Kier molecular flexibility index (Phi) is 5.43. The third-order valence-electron chi connectivity index (χ3n) is 4.77. The fourth-order valence-corrected chi connectivity index (χ4v) is 4.38. The maximum Gasteiger partial charge on any atom is 0.350 e. The molecule has 2 aromatic heterocycles. The Morgan fingerprint density at radius 3 is 2.61 bits per heavy atom. The van der Waals surface area contributed by atoms with Gasteiger partial charge in [-0.15, -0.1) is 0 Å². The number of rotatable bonds is 6. The van der Waals surface area contributed by atoms with Gasteiger partial charge in [-0.1, -0.05) is 41.7 Å². The SMILES string of the molecule is CCOC(=O)c1sc(N2C(=O)C(O)=C(C(=O)c3ccco3)[C@@H]2c2ccccc2)nc1C. The van der Waals surface area contributed by atoms with Gasteiger partial charge in [0, 0.05) is 0 Å². The summed E-state index contributed by atoms with van der Waals surface area (Å²) in [5.41, 5.74) is 0.875. The summed E-state index contributed by atoms with van der Waals surface area (Å²) >= 11 is 0.967. The summed E-state index contributed by atoms with van der Waals surface area (Å²) in [6.07, 6.45) is 1.34. The van der Waals surface area contributed by atoms with E-state index in [-0.39, 0.29) is 27.9 Å². The Labute approximate surface area is 181 Å². The number of ether oxygens (including phenoxy) is 1. The molecule has 0 unspecified atom stereocenters. The van der Waals surface area contributed by atoms with Crippen LogP contribution in [0.3, 0.4) is 0 Å². The lowest BCUT2D eigenvalue weighted by molar-refractivity contribution is -0.117. The van der Waals surface area contributed by atoms with Crippen LogP contribution < -0.4 is 4.90 Å². The molecular weight excluding hydrogens is 420 g/mol. The molecule has 31 heavy (non-hydrogen) atoms. The van der Waals surface area contributed by atoms with Gasteiger partial charge in [-0.05, 0) is 31.5 Å². The second-order valence-corrected chi connectivity index (χ2v) is 7.67. The van der Waals surface area contributed by atoms with Gasteiger partial charge in [0.15, 0.2) is 16.7 Å². The fraction of sp³-hybridized carbons (Fsp3) is 0.182. The lowest BCUT2D eigenvalue weighted by Gasteiger charge is -2.24. The highest BCUT2D eigenvalue weighted by molar-refractivity contribution is 7.17. The number of carbonyl (C=O) groups is 3. The lowest BCUT2D eigenvalue weighted by Crippen LogP contribution is -2.31. The Hall–Kier alpha value is -3.72. The summed E-state index contributed by atoms with van der Waals surface area (Å²) in [7, 11) is 0. The Balaban J connectivity index is 1.83. The van der Waals surface area contributed by atoms with Gasteiger partial charge >= 0.3 is 5.97 Å². The number of hydrogen-bond acceptors (Lipinski definition) is 8. The second kappa shape index (κ2) is 8.19. The fourth-order valence-electron chi connectivity index (χ4n) is 3.40. The number of amides is 1. The standard InChI is InChI=1S/C22H18N2O6S/c1-3-29-21(28)19-12(2)23-22(31-19)24-16(13-8-5-4-6-9-13)15(18(26)20(24)27)17(25)14-10-7-11-30-14/h4-11,16,26H,3H2,1-2H3/t16-/m0/s1. The molecule has 0 spiro atoms. The first-order valence-electron chi connectivity index (χ1n) is 9.48. The van der Waals surface area contributed by atoms with Crippen LogP contribution in [0.5, 0.6) is 0 Å². The van der Waals surface area contributed by atoms with Gasteiger partial charge in [-0.3, -0.25) is 14.5 Å². The molecular formula is C22H18N2O6S. The van der Waals surface area contributed by atoms with Crippen molar-refractivity contribution in [3.8, 4) is 0 Å². The lowest BCUT2D eigenvalue weighted by atomic mass is 9.95. The van der Waals surface area contributed by atoms with Crippen molar-refractivity contribution in [2.45, 2.75) is 19.9 Å². The zero-order chi connectivity index (χ0) is 22.1. The van der Waals surface area contributed by atoms with Crippen molar-refractivity contribution in [3.05, 3.63) is 82.0 Å².